The van der Waals surface area contributed by atoms with Gasteiger partial charge >= 0.3 is 0 Å². The van der Waals surface area contributed by atoms with Crippen molar-refractivity contribution in [3.05, 3.63) is 32.5 Å². The number of rotatable bonds is 5. The van der Waals surface area contributed by atoms with E-state index >= 15 is 0 Å². The van der Waals surface area contributed by atoms with E-state index in [4.69, 9.17) is 4.98 Å². The van der Waals surface area contributed by atoms with Crippen molar-refractivity contribution in [2.45, 2.75) is 40.3 Å². The first-order valence-corrected chi connectivity index (χ1v) is 9.30. The zero-order chi connectivity index (χ0) is 14.8. The van der Waals surface area contributed by atoms with Crippen LogP contribution in [0.25, 0.3) is 0 Å². The van der Waals surface area contributed by atoms with E-state index in [1.807, 2.05) is 22.7 Å². The van der Waals surface area contributed by atoms with Crippen molar-refractivity contribution in [1.82, 2.24) is 10.3 Å². The molecular formula is C16H23N3S2. The van der Waals surface area contributed by atoms with E-state index in [1.165, 1.54) is 21.3 Å². The molecule has 2 aromatic heterocycles. The Bertz CT molecular complexity index is 600. The van der Waals surface area contributed by atoms with Crippen LogP contribution in [0.15, 0.2) is 11.4 Å². The maximum atomic E-state index is 4.80. The highest BCUT2D eigenvalue weighted by Crippen LogP contribution is 2.31. The molecule has 0 radical (unpaired) electrons. The van der Waals surface area contributed by atoms with Crippen LogP contribution in [-0.2, 0) is 19.5 Å². The van der Waals surface area contributed by atoms with Gasteiger partial charge in [0.15, 0.2) is 5.13 Å². The fourth-order valence-corrected chi connectivity index (χ4v) is 4.54. The molecule has 5 heteroatoms. The molecule has 1 N–H and O–H groups in total. The molecule has 2 aromatic rings. The highest BCUT2D eigenvalue weighted by Gasteiger charge is 2.20. The van der Waals surface area contributed by atoms with Gasteiger partial charge in [0.1, 0.15) is 0 Å². The second-order valence-corrected chi connectivity index (χ2v) is 8.13. The molecule has 114 valence electrons. The quantitative estimate of drug-likeness (QED) is 0.907. The molecule has 0 aromatic carbocycles. The van der Waals surface area contributed by atoms with Gasteiger partial charge in [-0.2, -0.15) is 0 Å². The lowest BCUT2D eigenvalue weighted by Crippen LogP contribution is -2.29. The number of nitrogens with zero attached hydrogens (tertiary/aromatic N) is 2. The Morgan fingerprint density at radius 1 is 1.43 bits per heavy atom. The molecule has 0 amide bonds. The standard InChI is InChI=1S/C16H23N3S2/c1-11(2)8-17-9-15-12(3)18-16(21-15)19-6-4-14-13(10-19)5-7-20-14/h5,7,11,17H,4,6,8-10H2,1-3H3. The molecule has 0 saturated heterocycles. The summed E-state index contributed by atoms with van der Waals surface area (Å²) in [7, 11) is 0. The fourth-order valence-electron chi connectivity index (χ4n) is 2.60. The highest BCUT2D eigenvalue weighted by molar-refractivity contribution is 7.15. The number of aromatic nitrogens is 1. The van der Waals surface area contributed by atoms with Crippen LogP contribution in [0.4, 0.5) is 5.13 Å². The number of hydrogen-bond donors (Lipinski definition) is 1. The van der Waals surface area contributed by atoms with Gasteiger partial charge in [-0.25, -0.2) is 4.98 Å². The van der Waals surface area contributed by atoms with Gasteiger partial charge in [0, 0.05) is 29.4 Å². The minimum Gasteiger partial charge on any atom is -0.343 e. The monoisotopic (exact) mass is 321 g/mol. The number of thiazole rings is 1. The van der Waals surface area contributed by atoms with E-state index in [9.17, 15) is 0 Å². The summed E-state index contributed by atoms with van der Waals surface area (Å²) in [5.74, 6) is 0.691. The number of nitrogens with one attached hydrogen (secondary N) is 1. The largest absolute Gasteiger partial charge is 0.343 e. The van der Waals surface area contributed by atoms with Gasteiger partial charge < -0.3 is 10.2 Å². The van der Waals surface area contributed by atoms with E-state index < -0.39 is 0 Å². The van der Waals surface area contributed by atoms with Gasteiger partial charge in [-0.1, -0.05) is 13.8 Å². The van der Waals surface area contributed by atoms with Gasteiger partial charge in [0.05, 0.1) is 5.69 Å². The zero-order valence-electron chi connectivity index (χ0n) is 13.0. The Morgan fingerprint density at radius 3 is 3.10 bits per heavy atom. The maximum Gasteiger partial charge on any atom is 0.186 e. The highest BCUT2D eigenvalue weighted by atomic mass is 32.1. The second kappa shape index (κ2) is 6.46. The van der Waals surface area contributed by atoms with E-state index in [0.29, 0.717) is 5.92 Å². The molecular weight excluding hydrogens is 298 g/mol. The van der Waals surface area contributed by atoms with Gasteiger partial charge in [-0.15, -0.1) is 22.7 Å². The average Bonchev–Trinajstić information content (AvgIpc) is 3.04. The second-order valence-electron chi connectivity index (χ2n) is 6.07. The third-order valence-electron chi connectivity index (χ3n) is 3.80. The number of hydrogen-bond acceptors (Lipinski definition) is 5. The lowest BCUT2D eigenvalue weighted by atomic mass is 10.1. The molecule has 0 bridgehead atoms. The van der Waals surface area contributed by atoms with Crippen molar-refractivity contribution in [1.29, 1.82) is 0 Å². The van der Waals surface area contributed by atoms with Gasteiger partial charge in [0.2, 0.25) is 0 Å². The summed E-state index contributed by atoms with van der Waals surface area (Å²) in [4.78, 5) is 10.2. The SMILES string of the molecule is Cc1nc(N2CCc3sccc3C2)sc1CNCC(C)C. The Balaban J connectivity index is 1.67. The summed E-state index contributed by atoms with van der Waals surface area (Å²) < 4.78 is 0. The maximum absolute atomic E-state index is 4.80. The van der Waals surface area contributed by atoms with Crippen LogP contribution in [0, 0.1) is 12.8 Å². The molecule has 0 unspecified atom stereocenters. The summed E-state index contributed by atoms with van der Waals surface area (Å²) in [6.45, 7) is 10.7. The summed E-state index contributed by atoms with van der Waals surface area (Å²) >= 11 is 3.74. The molecule has 3 nitrogen and oxygen atoms in total. The molecule has 1 aliphatic heterocycles. The molecule has 3 rings (SSSR count). The summed E-state index contributed by atoms with van der Waals surface area (Å²) in [6.07, 6.45) is 1.16. The van der Waals surface area contributed by atoms with Crippen molar-refractivity contribution < 1.29 is 0 Å². The van der Waals surface area contributed by atoms with Crippen LogP contribution in [0.5, 0.6) is 0 Å². The normalized spacial score (nSPS) is 14.8. The van der Waals surface area contributed by atoms with Gasteiger partial charge in [0.25, 0.3) is 0 Å². The van der Waals surface area contributed by atoms with E-state index in [-0.39, 0.29) is 0 Å². The first-order valence-electron chi connectivity index (χ1n) is 7.60. The number of aryl methyl sites for hydroxylation is 1. The van der Waals surface area contributed by atoms with Crippen LogP contribution in [0.2, 0.25) is 0 Å². The first kappa shape index (κ1) is 15.0. The number of anilines is 1. The van der Waals surface area contributed by atoms with Crippen LogP contribution < -0.4 is 10.2 Å². The molecule has 3 heterocycles. The number of fused-ring (bicyclic) bond motifs is 1. The zero-order valence-corrected chi connectivity index (χ0v) is 14.6. The fraction of sp³-hybridized carbons (Fsp3) is 0.562. The minimum atomic E-state index is 0.691. The molecule has 0 aliphatic carbocycles. The van der Waals surface area contributed by atoms with E-state index in [0.717, 1.165) is 32.6 Å². The topological polar surface area (TPSA) is 28.2 Å². The predicted octanol–water partition coefficient (Wildman–Crippen LogP) is 3.82. The summed E-state index contributed by atoms with van der Waals surface area (Å²) in [6, 6.07) is 2.26. The van der Waals surface area contributed by atoms with E-state index in [1.54, 1.807) is 4.88 Å². The predicted molar refractivity (Wildman–Crippen MR) is 92.5 cm³/mol. The van der Waals surface area contributed by atoms with Crippen molar-refractivity contribution in [2.24, 2.45) is 5.92 Å². The van der Waals surface area contributed by atoms with Crippen LogP contribution in [0.3, 0.4) is 0 Å². The Kier molecular flexibility index (Phi) is 4.62. The summed E-state index contributed by atoms with van der Waals surface area (Å²) in [5.41, 5.74) is 2.67. The summed E-state index contributed by atoms with van der Waals surface area (Å²) in [5, 5.41) is 6.92. The molecule has 1 aliphatic rings. The van der Waals surface area contributed by atoms with Crippen molar-refractivity contribution in [3.63, 3.8) is 0 Å². The minimum absolute atomic E-state index is 0.691. The van der Waals surface area contributed by atoms with Crippen LogP contribution >= 0.6 is 22.7 Å². The van der Waals surface area contributed by atoms with Crippen LogP contribution in [-0.4, -0.2) is 18.1 Å². The smallest absolute Gasteiger partial charge is 0.186 e. The molecule has 0 saturated carbocycles. The molecule has 0 atom stereocenters. The Morgan fingerprint density at radius 2 is 2.29 bits per heavy atom. The molecule has 0 fully saturated rings. The Labute approximate surface area is 135 Å². The molecule has 0 spiro atoms. The third-order valence-corrected chi connectivity index (χ3v) is 6.04. The average molecular weight is 322 g/mol. The third kappa shape index (κ3) is 3.47. The van der Waals surface area contributed by atoms with Gasteiger partial charge in [-0.05, 0) is 42.8 Å². The lowest BCUT2D eigenvalue weighted by molar-refractivity contribution is 0.554. The lowest BCUT2D eigenvalue weighted by Gasteiger charge is -2.26. The Hall–Kier alpha value is -0.910. The number of thiophene rings is 1. The first-order chi connectivity index (χ1) is 10.1. The van der Waals surface area contributed by atoms with Crippen LogP contribution in [0.1, 0.15) is 34.9 Å². The molecule has 21 heavy (non-hydrogen) atoms. The van der Waals surface area contributed by atoms with Crippen molar-refractivity contribution in [2.75, 3.05) is 18.0 Å². The van der Waals surface area contributed by atoms with Gasteiger partial charge in [-0.3, -0.25) is 0 Å². The van der Waals surface area contributed by atoms with Crippen molar-refractivity contribution >= 4 is 27.8 Å². The van der Waals surface area contributed by atoms with Crippen molar-refractivity contribution in [3.8, 4) is 0 Å². The van der Waals surface area contributed by atoms with E-state index in [2.05, 4.69) is 42.4 Å².